The first-order valence-electron chi connectivity index (χ1n) is 7.91. The summed E-state index contributed by atoms with van der Waals surface area (Å²) in [5.41, 5.74) is 2.57. The van der Waals surface area contributed by atoms with Gasteiger partial charge in [0.05, 0.1) is 19.9 Å². The van der Waals surface area contributed by atoms with E-state index in [1.54, 1.807) is 31.4 Å². The zero-order chi connectivity index (χ0) is 18.5. The lowest BCUT2D eigenvalue weighted by molar-refractivity contribution is 0.102. The van der Waals surface area contributed by atoms with Gasteiger partial charge in [-0.3, -0.25) is 9.89 Å². The van der Waals surface area contributed by atoms with Crippen molar-refractivity contribution in [3.63, 3.8) is 0 Å². The Balaban J connectivity index is 1.73. The van der Waals surface area contributed by atoms with Crippen LogP contribution in [0.5, 0.6) is 11.5 Å². The molecule has 0 spiro atoms. The summed E-state index contributed by atoms with van der Waals surface area (Å²) in [4.78, 5) is 12.5. The maximum Gasteiger partial charge on any atom is 0.276 e. The zero-order valence-corrected chi connectivity index (χ0v) is 15.1. The van der Waals surface area contributed by atoms with Gasteiger partial charge in [-0.1, -0.05) is 29.8 Å². The summed E-state index contributed by atoms with van der Waals surface area (Å²) < 4.78 is 10.4. The number of rotatable bonds is 6. The van der Waals surface area contributed by atoms with Crippen LogP contribution in [0.25, 0.3) is 0 Å². The van der Waals surface area contributed by atoms with E-state index < -0.39 is 0 Å². The topological polar surface area (TPSA) is 76.2 Å². The Hall–Kier alpha value is -2.99. The number of halogens is 1. The molecule has 0 aliphatic heterocycles. The first kappa shape index (κ1) is 17.8. The number of hydrogen-bond acceptors (Lipinski definition) is 4. The Morgan fingerprint density at radius 1 is 1.15 bits per heavy atom. The van der Waals surface area contributed by atoms with E-state index >= 15 is 0 Å². The van der Waals surface area contributed by atoms with Crippen LogP contribution in [0.4, 0.5) is 5.69 Å². The monoisotopic (exact) mass is 371 g/mol. The maximum absolute atomic E-state index is 12.5. The number of methoxy groups -OCH3 is 2. The number of aromatic amines is 1. The molecule has 1 amide bonds. The summed E-state index contributed by atoms with van der Waals surface area (Å²) >= 11 is 6.17. The van der Waals surface area contributed by atoms with Gasteiger partial charge in [0.1, 0.15) is 11.5 Å². The third-order valence-corrected chi connectivity index (χ3v) is 4.23. The minimum Gasteiger partial charge on any atom is -0.497 e. The Kier molecular flexibility index (Phi) is 5.43. The van der Waals surface area contributed by atoms with Crippen LogP contribution in [0, 0.1) is 0 Å². The normalized spacial score (nSPS) is 10.4. The lowest BCUT2D eigenvalue weighted by Crippen LogP contribution is -2.13. The summed E-state index contributed by atoms with van der Waals surface area (Å²) in [6, 6.07) is 14.4. The predicted molar refractivity (Wildman–Crippen MR) is 100 cm³/mol. The van der Waals surface area contributed by atoms with E-state index in [4.69, 9.17) is 21.1 Å². The second-order valence-electron chi connectivity index (χ2n) is 5.57. The molecule has 1 aromatic heterocycles. The second kappa shape index (κ2) is 7.93. The molecule has 2 N–H and O–H groups in total. The van der Waals surface area contributed by atoms with Gasteiger partial charge in [0.15, 0.2) is 5.69 Å². The molecule has 6 nitrogen and oxygen atoms in total. The SMILES string of the molecule is COc1ccc(NC(=O)c2cc(Cc3ccccc3Cl)[nH]n2)c(OC)c1. The first-order chi connectivity index (χ1) is 12.6. The third-order valence-electron chi connectivity index (χ3n) is 3.86. The molecule has 0 unspecified atom stereocenters. The highest BCUT2D eigenvalue weighted by Gasteiger charge is 2.14. The molecule has 26 heavy (non-hydrogen) atoms. The third kappa shape index (κ3) is 3.97. The number of H-pyrrole nitrogens is 1. The minimum absolute atomic E-state index is 0.282. The van der Waals surface area contributed by atoms with E-state index in [-0.39, 0.29) is 11.6 Å². The lowest BCUT2D eigenvalue weighted by atomic mass is 10.1. The van der Waals surface area contributed by atoms with E-state index in [0.29, 0.717) is 28.6 Å². The molecule has 0 saturated carbocycles. The average Bonchev–Trinajstić information content (AvgIpc) is 3.12. The van der Waals surface area contributed by atoms with E-state index in [0.717, 1.165) is 11.3 Å². The van der Waals surface area contributed by atoms with Crippen molar-refractivity contribution >= 4 is 23.2 Å². The highest BCUT2D eigenvalue weighted by atomic mass is 35.5. The number of anilines is 1. The molecule has 1 heterocycles. The maximum atomic E-state index is 12.5. The molecule has 134 valence electrons. The zero-order valence-electron chi connectivity index (χ0n) is 14.4. The predicted octanol–water partition coefficient (Wildman–Crippen LogP) is 3.92. The quantitative estimate of drug-likeness (QED) is 0.688. The van der Waals surface area contributed by atoms with Gasteiger partial charge >= 0.3 is 0 Å². The highest BCUT2D eigenvalue weighted by Crippen LogP contribution is 2.29. The number of nitrogens with zero attached hydrogens (tertiary/aromatic N) is 1. The van der Waals surface area contributed by atoms with Gasteiger partial charge in [-0.15, -0.1) is 0 Å². The fraction of sp³-hybridized carbons (Fsp3) is 0.158. The second-order valence-corrected chi connectivity index (χ2v) is 5.97. The average molecular weight is 372 g/mol. The number of amides is 1. The Morgan fingerprint density at radius 3 is 2.69 bits per heavy atom. The largest absolute Gasteiger partial charge is 0.497 e. The molecule has 2 aromatic carbocycles. The summed E-state index contributed by atoms with van der Waals surface area (Å²) in [6.07, 6.45) is 0.561. The van der Waals surface area contributed by atoms with Crippen LogP contribution in [0.3, 0.4) is 0 Å². The Labute approximate surface area is 156 Å². The molecule has 0 saturated heterocycles. The van der Waals surface area contributed by atoms with Crippen molar-refractivity contribution < 1.29 is 14.3 Å². The Morgan fingerprint density at radius 2 is 1.96 bits per heavy atom. The van der Waals surface area contributed by atoms with Crippen molar-refractivity contribution in [2.45, 2.75) is 6.42 Å². The molecular formula is C19H18ClN3O3. The number of carbonyl (C=O) groups excluding carboxylic acids is 1. The van der Waals surface area contributed by atoms with Crippen molar-refractivity contribution in [2.24, 2.45) is 0 Å². The summed E-state index contributed by atoms with van der Waals surface area (Å²) in [7, 11) is 3.10. The van der Waals surface area contributed by atoms with Crippen molar-refractivity contribution in [2.75, 3.05) is 19.5 Å². The van der Waals surface area contributed by atoms with Crippen molar-refractivity contribution in [1.82, 2.24) is 10.2 Å². The fourth-order valence-corrected chi connectivity index (χ4v) is 2.71. The standard InChI is InChI=1S/C19H18ClN3O3/c1-25-14-7-8-16(18(11-14)26-2)21-19(24)17-10-13(22-23-17)9-12-5-3-4-6-15(12)20/h3-8,10-11H,9H2,1-2H3,(H,21,24)(H,22,23). The first-order valence-corrected chi connectivity index (χ1v) is 8.29. The van der Waals surface area contributed by atoms with Gasteiger partial charge in [-0.2, -0.15) is 5.10 Å². The van der Waals surface area contributed by atoms with E-state index in [2.05, 4.69) is 15.5 Å². The van der Waals surface area contributed by atoms with Gasteiger partial charge in [0.2, 0.25) is 0 Å². The number of hydrogen-bond donors (Lipinski definition) is 2. The van der Waals surface area contributed by atoms with E-state index in [1.165, 1.54) is 7.11 Å². The van der Waals surface area contributed by atoms with Crippen molar-refractivity contribution in [3.8, 4) is 11.5 Å². The van der Waals surface area contributed by atoms with Crippen molar-refractivity contribution in [1.29, 1.82) is 0 Å². The van der Waals surface area contributed by atoms with Crippen LogP contribution in [0.15, 0.2) is 48.5 Å². The molecule has 0 bridgehead atoms. The summed E-state index contributed by atoms with van der Waals surface area (Å²) in [5.74, 6) is 0.807. The fourth-order valence-electron chi connectivity index (χ4n) is 2.50. The molecule has 0 atom stereocenters. The molecule has 0 fully saturated rings. The lowest BCUT2D eigenvalue weighted by Gasteiger charge is -2.10. The molecule has 3 aromatic rings. The van der Waals surface area contributed by atoms with Crippen LogP contribution < -0.4 is 14.8 Å². The highest BCUT2D eigenvalue weighted by molar-refractivity contribution is 6.31. The van der Waals surface area contributed by atoms with Crippen LogP contribution >= 0.6 is 11.6 Å². The van der Waals surface area contributed by atoms with Crippen molar-refractivity contribution in [3.05, 3.63) is 70.5 Å². The van der Waals surface area contributed by atoms with Crippen LogP contribution in [-0.2, 0) is 6.42 Å². The van der Waals surface area contributed by atoms with Gasteiger partial charge in [-0.05, 0) is 29.8 Å². The summed E-state index contributed by atoms with van der Waals surface area (Å²) in [5, 5.41) is 10.4. The van der Waals surface area contributed by atoms with Gasteiger partial charge in [-0.25, -0.2) is 0 Å². The molecule has 0 aliphatic carbocycles. The van der Waals surface area contributed by atoms with Gasteiger partial charge in [0, 0.05) is 23.2 Å². The van der Waals surface area contributed by atoms with E-state index in [1.807, 2.05) is 24.3 Å². The van der Waals surface area contributed by atoms with Crippen LogP contribution in [0.2, 0.25) is 5.02 Å². The minimum atomic E-state index is -0.338. The number of carbonyl (C=O) groups is 1. The summed E-state index contributed by atoms with van der Waals surface area (Å²) in [6.45, 7) is 0. The number of ether oxygens (including phenoxy) is 2. The molecule has 3 rings (SSSR count). The number of nitrogens with one attached hydrogen (secondary N) is 2. The molecule has 0 radical (unpaired) electrons. The molecule has 0 aliphatic rings. The van der Waals surface area contributed by atoms with E-state index in [9.17, 15) is 4.79 Å². The molecular weight excluding hydrogens is 354 g/mol. The van der Waals surface area contributed by atoms with Gasteiger partial charge in [0.25, 0.3) is 5.91 Å². The number of aromatic nitrogens is 2. The molecule has 7 heteroatoms. The van der Waals surface area contributed by atoms with Crippen LogP contribution in [0.1, 0.15) is 21.7 Å². The smallest absolute Gasteiger partial charge is 0.276 e. The van der Waals surface area contributed by atoms with Crippen LogP contribution in [-0.4, -0.2) is 30.3 Å². The Bertz CT molecular complexity index is 924. The van der Waals surface area contributed by atoms with Gasteiger partial charge < -0.3 is 14.8 Å². The number of benzene rings is 2.